The molecule has 33 heavy (non-hydrogen) atoms. The lowest BCUT2D eigenvalue weighted by molar-refractivity contribution is 0.0174. The Morgan fingerprint density at radius 3 is 2.45 bits per heavy atom. The summed E-state index contributed by atoms with van der Waals surface area (Å²) in [6, 6.07) is 16.4. The number of nitrogens with one attached hydrogen (secondary N) is 2. The van der Waals surface area contributed by atoms with Gasteiger partial charge in [-0.25, -0.2) is 13.2 Å². The highest BCUT2D eigenvalue weighted by atomic mass is 19.3. The minimum Gasteiger partial charge on any atom is -0.457 e. The summed E-state index contributed by atoms with van der Waals surface area (Å²) in [6.45, 7) is 3.28. The number of carbonyl (C=O) groups excluding carboxylic acids is 1. The van der Waals surface area contributed by atoms with Crippen LogP contribution in [-0.2, 0) is 5.92 Å². The van der Waals surface area contributed by atoms with E-state index in [9.17, 15) is 18.0 Å². The highest BCUT2D eigenvalue weighted by Gasteiger charge is 2.23. The molecule has 7 heteroatoms. The third kappa shape index (κ3) is 7.22. The van der Waals surface area contributed by atoms with Crippen LogP contribution in [0.15, 0.2) is 60.7 Å². The Labute approximate surface area is 193 Å². The molecule has 0 aromatic heterocycles. The van der Waals surface area contributed by atoms with Crippen molar-refractivity contribution in [2.24, 2.45) is 0 Å². The average molecular weight is 461 g/mol. The van der Waals surface area contributed by atoms with Gasteiger partial charge in [0, 0.05) is 36.0 Å². The minimum absolute atomic E-state index is 0. The van der Waals surface area contributed by atoms with Gasteiger partial charge in [0.1, 0.15) is 18.2 Å². The standard InChI is InChI=1S/C25H27F3N2O2.CH4/c1-17(12-14-29-15-13-26)30-24(31)19-6-11-22-18(16-19)4-3-5-23(22)32-21-9-7-20(8-10-21)25(2,27)28;/h3-11,16-17,29H,12-15H2,1-2H3,(H,30,31);1H4/t17-;/m1./s1. The fourth-order valence-electron chi connectivity index (χ4n) is 3.32. The lowest BCUT2D eigenvalue weighted by Crippen LogP contribution is -2.35. The van der Waals surface area contributed by atoms with Crippen molar-refractivity contribution in [3.05, 3.63) is 71.8 Å². The predicted octanol–water partition coefficient (Wildman–Crippen LogP) is 6.45. The molecule has 3 aromatic carbocycles. The van der Waals surface area contributed by atoms with Crippen LogP contribution >= 0.6 is 0 Å². The van der Waals surface area contributed by atoms with E-state index in [4.69, 9.17) is 4.74 Å². The van der Waals surface area contributed by atoms with Crippen LogP contribution in [0, 0.1) is 0 Å². The van der Waals surface area contributed by atoms with Crippen molar-refractivity contribution < 1.29 is 22.7 Å². The first-order chi connectivity index (χ1) is 15.3. The second kappa shape index (κ2) is 11.7. The van der Waals surface area contributed by atoms with Gasteiger partial charge in [0.05, 0.1) is 0 Å². The zero-order valence-electron chi connectivity index (χ0n) is 18.1. The van der Waals surface area contributed by atoms with Gasteiger partial charge < -0.3 is 15.4 Å². The minimum atomic E-state index is -2.91. The number of rotatable bonds is 10. The van der Waals surface area contributed by atoms with Crippen LogP contribution in [0.25, 0.3) is 10.8 Å². The van der Waals surface area contributed by atoms with Crippen LogP contribution in [0.2, 0.25) is 0 Å². The Morgan fingerprint density at radius 2 is 1.79 bits per heavy atom. The van der Waals surface area contributed by atoms with Crippen molar-refractivity contribution in [3.63, 3.8) is 0 Å². The molecule has 4 nitrogen and oxygen atoms in total. The van der Waals surface area contributed by atoms with E-state index in [-0.39, 0.29) is 24.9 Å². The largest absolute Gasteiger partial charge is 0.457 e. The second-order valence-corrected chi connectivity index (χ2v) is 7.81. The molecule has 0 unspecified atom stereocenters. The predicted molar refractivity (Wildman–Crippen MR) is 127 cm³/mol. The Bertz CT molecular complexity index is 1050. The average Bonchev–Trinajstić information content (AvgIpc) is 2.76. The summed E-state index contributed by atoms with van der Waals surface area (Å²) >= 11 is 0. The van der Waals surface area contributed by atoms with E-state index < -0.39 is 12.6 Å². The first-order valence-corrected chi connectivity index (χ1v) is 10.5. The molecule has 1 atom stereocenters. The number of fused-ring (bicyclic) bond motifs is 1. The number of halogens is 3. The molecule has 0 heterocycles. The monoisotopic (exact) mass is 460 g/mol. The van der Waals surface area contributed by atoms with Gasteiger partial charge in [-0.3, -0.25) is 4.79 Å². The van der Waals surface area contributed by atoms with Crippen LogP contribution < -0.4 is 15.4 Å². The molecule has 1 amide bonds. The Morgan fingerprint density at radius 1 is 1.06 bits per heavy atom. The van der Waals surface area contributed by atoms with Crippen LogP contribution in [0.4, 0.5) is 13.2 Å². The Balaban J connectivity index is 0.00000385. The van der Waals surface area contributed by atoms with Crippen molar-refractivity contribution >= 4 is 16.7 Å². The summed E-state index contributed by atoms with van der Waals surface area (Å²) in [5, 5.41) is 7.53. The van der Waals surface area contributed by atoms with Gasteiger partial charge in [0.15, 0.2) is 0 Å². The lowest BCUT2D eigenvalue weighted by Gasteiger charge is -2.15. The number of benzene rings is 3. The molecule has 0 saturated carbocycles. The van der Waals surface area contributed by atoms with E-state index >= 15 is 0 Å². The molecule has 0 saturated heterocycles. The van der Waals surface area contributed by atoms with E-state index in [1.165, 1.54) is 24.3 Å². The molecule has 2 N–H and O–H groups in total. The molecule has 0 aliphatic heterocycles. The van der Waals surface area contributed by atoms with Gasteiger partial charge >= 0.3 is 0 Å². The van der Waals surface area contributed by atoms with Crippen molar-refractivity contribution in [3.8, 4) is 11.5 Å². The smallest absolute Gasteiger partial charge is 0.270 e. The number of carbonyl (C=O) groups is 1. The van der Waals surface area contributed by atoms with Gasteiger partial charge in [0.25, 0.3) is 11.8 Å². The fraction of sp³-hybridized carbons (Fsp3) is 0.346. The maximum atomic E-state index is 13.4. The van der Waals surface area contributed by atoms with Crippen LogP contribution in [0.3, 0.4) is 0 Å². The normalized spacial score (nSPS) is 12.2. The Kier molecular flexibility index (Phi) is 9.29. The van der Waals surface area contributed by atoms with Crippen molar-refractivity contribution in [1.82, 2.24) is 10.6 Å². The maximum Gasteiger partial charge on any atom is 0.270 e. The molecule has 3 rings (SSSR count). The van der Waals surface area contributed by atoms with E-state index in [2.05, 4.69) is 10.6 Å². The van der Waals surface area contributed by atoms with E-state index in [1.807, 2.05) is 25.1 Å². The third-order valence-electron chi connectivity index (χ3n) is 5.09. The van der Waals surface area contributed by atoms with Crippen molar-refractivity contribution in [1.29, 1.82) is 0 Å². The summed E-state index contributed by atoms with van der Waals surface area (Å²) in [5.41, 5.74) is 0.443. The molecular weight excluding hydrogens is 429 g/mol. The van der Waals surface area contributed by atoms with Crippen LogP contribution in [-0.4, -0.2) is 31.7 Å². The molecule has 0 radical (unpaired) electrons. The highest BCUT2D eigenvalue weighted by molar-refractivity contribution is 6.00. The number of hydrogen-bond donors (Lipinski definition) is 2. The van der Waals surface area contributed by atoms with Crippen LogP contribution in [0.5, 0.6) is 11.5 Å². The number of ether oxygens (including phenoxy) is 1. The topological polar surface area (TPSA) is 50.4 Å². The molecule has 0 aliphatic carbocycles. The van der Waals surface area contributed by atoms with E-state index in [0.29, 0.717) is 36.6 Å². The molecule has 0 spiro atoms. The molecule has 0 fully saturated rings. The first-order valence-electron chi connectivity index (χ1n) is 10.5. The van der Waals surface area contributed by atoms with Gasteiger partial charge in [0.2, 0.25) is 0 Å². The lowest BCUT2D eigenvalue weighted by atomic mass is 10.1. The molecular formula is C26H31F3N2O2. The number of alkyl halides is 3. The van der Waals surface area contributed by atoms with Gasteiger partial charge in [-0.1, -0.05) is 19.6 Å². The molecule has 0 aliphatic rings. The summed E-state index contributed by atoms with van der Waals surface area (Å²) < 4.78 is 44.8. The van der Waals surface area contributed by atoms with Crippen LogP contribution in [0.1, 0.15) is 43.6 Å². The quantitative estimate of drug-likeness (QED) is 0.342. The summed E-state index contributed by atoms with van der Waals surface area (Å²) in [5.74, 6) is -2.08. The van der Waals surface area contributed by atoms with E-state index in [1.54, 1.807) is 18.2 Å². The summed E-state index contributed by atoms with van der Waals surface area (Å²) in [6.07, 6.45) is 0.695. The summed E-state index contributed by atoms with van der Waals surface area (Å²) in [7, 11) is 0. The van der Waals surface area contributed by atoms with E-state index in [0.717, 1.165) is 17.7 Å². The number of hydrogen-bond acceptors (Lipinski definition) is 3. The zero-order chi connectivity index (χ0) is 23.1. The summed E-state index contributed by atoms with van der Waals surface area (Å²) in [4.78, 5) is 12.6. The first kappa shape index (κ1) is 26.2. The second-order valence-electron chi connectivity index (χ2n) is 7.81. The molecule has 0 bridgehead atoms. The molecule has 178 valence electrons. The van der Waals surface area contributed by atoms with Crippen molar-refractivity contribution in [2.75, 3.05) is 19.8 Å². The fourth-order valence-corrected chi connectivity index (χ4v) is 3.32. The molecule has 3 aromatic rings. The third-order valence-corrected chi connectivity index (χ3v) is 5.09. The number of amides is 1. The van der Waals surface area contributed by atoms with Gasteiger partial charge in [-0.2, -0.15) is 0 Å². The highest BCUT2D eigenvalue weighted by Crippen LogP contribution is 2.33. The van der Waals surface area contributed by atoms with Crippen molar-refractivity contribution in [2.45, 2.75) is 39.7 Å². The van der Waals surface area contributed by atoms with Gasteiger partial charge in [-0.15, -0.1) is 0 Å². The maximum absolute atomic E-state index is 13.4. The SMILES string of the molecule is C.C[C@H](CCNCCF)NC(=O)c1ccc2c(Oc3ccc(C(C)(F)F)cc3)cccc2c1. The Hall–Kier alpha value is -3.06. The van der Waals surface area contributed by atoms with Gasteiger partial charge in [-0.05, 0) is 73.8 Å². The zero-order valence-corrected chi connectivity index (χ0v) is 18.1.